The van der Waals surface area contributed by atoms with Gasteiger partial charge in [0.1, 0.15) is 17.1 Å². The molecule has 2 aromatic carbocycles. The molecule has 1 aromatic heterocycles. The van der Waals surface area contributed by atoms with Gasteiger partial charge in [0, 0.05) is 23.4 Å². The highest BCUT2D eigenvalue weighted by Gasteiger charge is 2.31. The van der Waals surface area contributed by atoms with Gasteiger partial charge in [0.2, 0.25) is 0 Å². The Balaban J connectivity index is 1.84. The third-order valence-corrected chi connectivity index (χ3v) is 4.79. The first-order valence-corrected chi connectivity index (χ1v) is 8.73. The molecule has 0 saturated heterocycles. The van der Waals surface area contributed by atoms with Crippen LogP contribution in [0.25, 0.3) is 10.9 Å². The Morgan fingerprint density at radius 1 is 1.15 bits per heavy atom. The fourth-order valence-corrected chi connectivity index (χ4v) is 3.31. The Kier molecular flexibility index (Phi) is 5.27. The zero-order valence-corrected chi connectivity index (χ0v) is 14.9. The number of allylic oxidation sites excluding steroid dienone is 1. The highest BCUT2D eigenvalue weighted by atomic mass is 19.1. The van der Waals surface area contributed by atoms with Crippen LogP contribution < -0.4 is 0 Å². The van der Waals surface area contributed by atoms with Gasteiger partial charge in [-0.2, -0.15) is 0 Å². The predicted octanol–water partition coefficient (Wildman–Crippen LogP) is 5.31. The number of halogens is 1. The standard InChI is InChI=1S/C23H22FNO/c1-3-12-23(2,15-17-8-5-4-6-9-17)21(26)14-18-13-19-10-7-11-20(24)22(19)25-16-18/h3-11,13,16H,1,12,14-15H2,2H3. The summed E-state index contributed by atoms with van der Waals surface area (Å²) in [5, 5.41) is 0.712. The van der Waals surface area contributed by atoms with Crippen LogP contribution in [0.4, 0.5) is 4.39 Å². The van der Waals surface area contributed by atoms with Gasteiger partial charge in [-0.25, -0.2) is 4.39 Å². The summed E-state index contributed by atoms with van der Waals surface area (Å²) >= 11 is 0. The quantitative estimate of drug-likeness (QED) is 0.542. The summed E-state index contributed by atoms with van der Waals surface area (Å²) in [6.07, 6.45) is 4.94. The maximum absolute atomic E-state index is 13.8. The number of benzene rings is 2. The van der Waals surface area contributed by atoms with Crippen LogP contribution in [0, 0.1) is 11.2 Å². The van der Waals surface area contributed by atoms with Crippen molar-refractivity contribution in [2.75, 3.05) is 0 Å². The maximum atomic E-state index is 13.8. The molecule has 132 valence electrons. The van der Waals surface area contributed by atoms with E-state index < -0.39 is 5.41 Å². The summed E-state index contributed by atoms with van der Waals surface area (Å²) in [6.45, 7) is 5.81. The highest BCUT2D eigenvalue weighted by Crippen LogP contribution is 2.30. The molecule has 0 amide bonds. The van der Waals surface area contributed by atoms with E-state index in [0.717, 1.165) is 11.1 Å². The number of pyridine rings is 1. The lowest BCUT2D eigenvalue weighted by Gasteiger charge is -2.27. The van der Waals surface area contributed by atoms with Crippen LogP contribution in [0.2, 0.25) is 0 Å². The van der Waals surface area contributed by atoms with Crippen LogP contribution in [-0.4, -0.2) is 10.8 Å². The second-order valence-electron chi connectivity index (χ2n) is 6.97. The molecule has 26 heavy (non-hydrogen) atoms. The molecule has 3 aromatic rings. The number of carbonyl (C=O) groups excluding carboxylic acids is 1. The van der Waals surface area contributed by atoms with Gasteiger partial charge in [-0.15, -0.1) is 6.58 Å². The summed E-state index contributed by atoms with van der Waals surface area (Å²) < 4.78 is 13.8. The fraction of sp³-hybridized carbons (Fsp3) is 0.217. The first-order valence-electron chi connectivity index (χ1n) is 8.73. The zero-order valence-electron chi connectivity index (χ0n) is 14.9. The molecule has 0 saturated carbocycles. The molecule has 0 aliphatic carbocycles. The van der Waals surface area contributed by atoms with Gasteiger partial charge in [0.15, 0.2) is 0 Å². The van der Waals surface area contributed by atoms with E-state index >= 15 is 0 Å². The molecule has 2 nitrogen and oxygen atoms in total. The molecule has 0 N–H and O–H groups in total. The molecule has 0 spiro atoms. The largest absolute Gasteiger partial charge is 0.299 e. The molecule has 0 bridgehead atoms. The number of para-hydroxylation sites is 1. The fourth-order valence-electron chi connectivity index (χ4n) is 3.31. The average Bonchev–Trinajstić information content (AvgIpc) is 2.63. The van der Waals surface area contributed by atoms with Crippen LogP contribution in [0.5, 0.6) is 0 Å². The molecule has 0 aliphatic heterocycles. The zero-order chi connectivity index (χ0) is 18.6. The number of nitrogens with zero attached hydrogens (tertiary/aromatic N) is 1. The lowest BCUT2D eigenvalue weighted by molar-refractivity contribution is -0.127. The van der Waals surface area contributed by atoms with Crippen molar-refractivity contribution in [1.29, 1.82) is 0 Å². The normalized spacial score (nSPS) is 13.3. The molecule has 1 atom stereocenters. The van der Waals surface area contributed by atoms with Crippen molar-refractivity contribution >= 4 is 16.7 Å². The van der Waals surface area contributed by atoms with E-state index in [1.54, 1.807) is 18.3 Å². The van der Waals surface area contributed by atoms with Crippen LogP contribution in [0.3, 0.4) is 0 Å². The van der Waals surface area contributed by atoms with Gasteiger partial charge < -0.3 is 0 Å². The molecule has 3 rings (SSSR count). The number of fused-ring (bicyclic) bond motifs is 1. The topological polar surface area (TPSA) is 30.0 Å². The lowest BCUT2D eigenvalue weighted by atomic mass is 9.75. The summed E-state index contributed by atoms with van der Waals surface area (Å²) in [5.41, 5.74) is 1.74. The first kappa shape index (κ1) is 18.0. The highest BCUT2D eigenvalue weighted by molar-refractivity contribution is 5.88. The smallest absolute Gasteiger partial charge is 0.149 e. The first-order chi connectivity index (χ1) is 12.5. The van der Waals surface area contributed by atoms with E-state index in [0.29, 0.717) is 23.7 Å². The number of Topliss-reactive ketones (excluding diaryl/α,β-unsaturated/α-hetero) is 1. The van der Waals surface area contributed by atoms with Gasteiger partial charge in [-0.05, 0) is 36.1 Å². The van der Waals surface area contributed by atoms with Crippen LogP contribution in [-0.2, 0) is 17.6 Å². The Morgan fingerprint density at radius 2 is 1.92 bits per heavy atom. The van der Waals surface area contributed by atoms with Gasteiger partial charge in [-0.3, -0.25) is 9.78 Å². The van der Waals surface area contributed by atoms with E-state index in [4.69, 9.17) is 0 Å². The van der Waals surface area contributed by atoms with Crippen molar-refractivity contribution in [2.24, 2.45) is 5.41 Å². The minimum Gasteiger partial charge on any atom is -0.299 e. The van der Waals surface area contributed by atoms with Crippen molar-refractivity contribution in [1.82, 2.24) is 4.98 Å². The summed E-state index contributed by atoms with van der Waals surface area (Å²) in [7, 11) is 0. The van der Waals surface area contributed by atoms with Gasteiger partial charge in [0.05, 0.1) is 0 Å². The van der Waals surface area contributed by atoms with Crippen LogP contribution in [0.15, 0.2) is 73.4 Å². The minimum atomic E-state index is -0.528. The Morgan fingerprint density at radius 3 is 2.65 bits per heavy atom. The minimum absolute atomic E-state index is 0.138. The van der Waals surface area contributed by atoms with Crippen LogP contribution >= 0.6 is 0 Å². The van der Waals surface area contributed by atoms with Crippen molar-refractivity contribution in [3.8, 4) is 0 Å². The van der Waals surface area contributed by atoms with Crippen molar-refractivity contribution in [2.45, 2.75) is 26.2 Å². The molecule has 0 radical (unpaired) electrons. The lowest BCUT2D eigenvalue weighted by Crippen LogP contribution is -2.31. The summed E-state index contributed by atoms with van der Waals surface area (Å²) in [4.78, 5) is 17.3. The van der Waals surface area contributed by atoms with Crippen LogP contribution in [0.1, 0.15) is 24.5 Å². The molecular weight excluding hydrogens is 325 g/mol. The maximum Gasteiger partial charge on any atom is 0.149 e. The van der Waals surface area contributed by atoms with Gasteiger partial charge in [0.25, 0.3) is 0 Å². The second kappa shape index (κ2) is 7.61. The number of hydrogen-bond donors (Lipinski definition) is 0. The molecule has 1 unspecified atom stereocenters. The van der Waals surface area contributed by atoms with Gasteiger partial charge in [-0.1, -0.05) is 55.5 Å². The van der Waals surface area contributed by atoms with Crippen molar-refractivity contribution < 1.29 is 9.18 Å². The third kappa shape index (κ3) is 3.88. The number of rotatable bonds is 7. The Labute approximate surface area is 153 Å². The Bertz CT molecular complexity index is 935. The second-order valence-corrected chi connectivity index (χ2v) is 6.97. The van der Waals surface area contributed by atoms with E-state index in [1.165, 1.54) is 6.07 Å². The van der Waals surface area contributed by atoms with Crippen molar-refractivity contribution in [3.63, 3.8) is 0 Å². The van der Waals surface area contributed by atoms with Gasteiger partial charge >= 0.3 is 0 Å². The van der Waals surface area contributed by atoms with E-state index in [-0.39, 0.29) is 18.0 Å². The average molecular weight is 347 g/mol. The van der Waals surface area contributed by atoms with E-state index in [2.05, 4.69) is 11.6 Å². The number of hydrogen-bond acceptors (Lipinski definition) is 2. The molecule has 0 aliphatic rings. The van der Waals surface area contributed by atoms with E-state index in [1.807, 2.05) is 49.4 Å². The summed E-state index contributed by atoms with van der Waals surface area (Å²) in [6, 6.07) is 16.7. The molecular formula is C23H22FNO. The van der Waals surface area contributed by atoms with Crippen molar-refractivity contribution in [3.05, 3.63) is 90.4 Å². The SMILES string of the molecule is C=CCC(C)(Cc1ccccc1)C(=O)Cc1cnc2c(F)cccc2c1. The number of carbonyl (C=O) groups is 1. The Hall–Kier alpha value is -2.81. The third-order valence-electron chi connectivity index (χ3n) is 4.79. The molecule has 0 fully saturated rings. The number of aromatic nitrogens is 1. The monoisotopic (exact) mass is 347 g/mol. The molecule has 3 heteroatoms. The predicted molar refractivity (Wildman–Crippen MR) is 103 cm³/mol. The number of ketones is 1. The van der Waals surface area contributed by atoms with E-state index in [9.17, 15) is 9.18 Å². The molecule has 1 heterocycles. The summed E-state index contributed by atoms with van der Waals surface area (Å²) in [5.74, 6) is -0.209.